The molecule has 1 aromatic rings. The van der Waals surface area contributed by atoms with Gasteiger partial charge >= 0.3 is 0 Å². The highest BCUT2D eigenvalue weighted by molar-refractivity contribution is 5.14. The van der Waals surface area contributed by atoms with Crippen LogP contribution in [0.3, 0.4) is 0 Å². The topological polar surface area (TPSA) is 42.4 Å². The Morgan fingerprint density at radius 2 is 2.20 bits per heavy atom. The number of aliphatic hydroxyl groups is 1. The minimum Gasteiger partial charge on any atom is -0.390 e. The molecule has 0 spiro atoms. The lowest BCUT2D eigenvalue weighted by atomic mass is 10.1. The summed E-state index contributed by atoms with van der Waals surface area (Å²) in [5, 5.41) is 9.60. The van der Waals surface area contributed by atoms with Gasteiger partial charge in [-0.3, -0.25) is 4.98 Å². The molecular formula is C12H19NO2. The first-order valence-electron chi connectivity index (χ1n) is 5.45. The zero-order chi connectivity index (χ0) is 11.1. The van der Waals surface area contributed by atoms with Crippen molar-refractivity contribution in [2.24, 2.45) is 0 Å². The van der Waals surface area contributed by atoms with Gasteiger partial charge in [-0.25, -0.2) is 0 Å². The predicted molar refractivity (Wildman–Crippen MR) is 59.8 cm³/mol. The molecule has 1 heterocycles. The second-order valence-corrected chi connectivity index (χ2v) is 3.53. The molecule has 1 aromatic heterocycles. The Morgan fingerprint density at radius 3 is 2.73 bits per heavy atom. The van der Waals surface area contributed by atoms with Crippen LogP contribution in [0.25, 0.3) is 0 Å². The number of aromatic nitrogens is 1. The van der Waals surface area contributed by atoms with Crippen molar-refractivity contribution >= 4 is 0 Å². The third kappa shape index (κ3) is 4.40. The van der Waals surface area contributed by atoms with Crippen LogP contribution in [0.15, 0.2) is 18.3 Å². The van der Waals surface area contributed by atoms with E-state index in [4.69, 9.17) is 4.74 Å². The first-order valence-corrected chi connectivity index (χ1v) is 5.45. The standard InChI is InChI=1S/C12H19NO2/c1-3-10-5-6-11(13-8-10)7-12(14)9-15-4-2/h5-6,8,12,14H,3-4,7,9H2,1-2H3. The van der Waals surface area contributed by atoms with Crippen LogP contribution in [0.4, 0.5) is 0 Å². The summed E-state index contributed by atoms with van der Waals surface area (Å²) in [4.78, 5) is 4.28. The van der Waals surface area contributed by atoms with E-state index in [0.29, 0.717) is 19.6 Å². The molecule has 3 nitrogen and oxygen atoms in total. The van der Waals surface area contributed by atoms with E-state index in [9.17, 15) is 5.11 Å². The van der Waals surface area contributed by atoms with Gasteiger partial charge in [-0.05, 0) is 25.0 Å². The summed E-state index contributed by atoms with van der Waals surface area (Å²) in [5.74, 6) is 0. The summed E-state index contributed by atoms with van der Waals surface area (Å²) in [6, 6.07) is 4.02. The van der Waals surface area contributed by atoms with Gasteiger partial charge in [0.15, 0.2) is 0 Å². The first-order chi connectivity index (χ1) is 7.26. The summed E-state index contributed by atoms with van der Waals surface area (Å²) < 4.78 is 5.13. The number of ether oxygens (including phenoxy) is 1. The van der Waals surface area contributed by atoms with Crippen LogP contribution < -0.4 is 0 Å². The van der Waals surface area contributed by atoms with E-state index in [1.807, 2.05) is 19.2 Å². The lowest BCUT2D eigenvalue weighted by Gasteiger charge is -2.09. The smallest absolute Gasteiger partial charge is 0.0828 e. The molecular weight excluding hydrogens is 190 g/mol. The van der Waals surface area contributed by atoms with Crippen molar-refractivity contribution in [3.05, 3.63) is 29.6 Å². The first kappa shape index (κ1) is 12.1. The number of rotatable bonds is 6. The normalized spacial score (nSPS) is 12.7. The lowest BCUT2D eigenvalue weighted by molar-refractivity contribution is 0.0425. The Balaban J connectivity index is 2.42. The highest BCUT2D eigenvalue weighted by Gasteiger charge is 2.06. The van der Waals surface area contributed by atoms with Crippen molar-refractivity contribution < 1.29 is 9.84 Å². The van der Waals surface area contributed by atoms with Crippen molar-refractivity contribution in [3.63, 3.8) is 0 Å². The quantitative estimate of drug-likeness (QED) is 0.773. The molecule has 0 aliphatic carbocycles. The monoisotopic (exact) mass is 209 g/mol. The average Bonchev–Trinajstić information content (AvgIpc) is 2.27. The maximum Gasteiger partial charge on any atom is 0.0828 e. The molecule has 0 amide bonds. The second-order valence-electron chi connectivity index (χ2n) is 3.53. The van der Waals surface area contributed by atoms with Gasteiger partial charge in [0.2, 0.25) is 0 Å². The molecule has 0 fully saturated rings. The maximum absolute atomic E-state index is 9.60. The van der Waals surface area contributed by atoms with Gasteiger partial charge in [-0.2, -0.15) is 0 Å². The molecule has 0 bridgehead atoms. The minimum atomic E-state index is -0.454. The molecule has 0 aromatic carbocycles. The Morgan fingerprint density at radius 1 is 1.40 bits per heavy atom. The fraction of sp³-hybridized carbons (Fsp3) is 0.583. The Bertz CT molecular complexity index is 271. The summed E-state index contributed by atoms with van der Waals surface area (Å²) in [6.07, 6.45) is 2.96. The van der Waals surface area contributed by atoms with E-state index in [-0.39, 0.29) is 0 Å². The van der Waals surface area contributed by atoms with Gasteiger partial charge in [0.1, 0.15) is 0 Å². The van der Waals surface area contributed by atoms with Crippen LogP contribution in [0.1, 0.15) is 25.1 Å². The Kier molecular flexibility index (Phi) is 5.29. The van der Waals surface area contributed by atoms with Crippen molar-refractivity contribution in [2.45, 2.75) is 32.8 Å². The van der Waals surface area contributed by atoms with E-state index in [1.165, 1.54) is 5.56 Å². The van der Waals surface area contributed by atoms with Crippen molar-refractivity contribution in [3.8, 4) is 0 Å². The molecule has 1 atom stereocenters. The second kappa shape index (κ2) is 6.53. The molecule has 0 saturated heterocycles. The highest BCUT2D eigenvalue weighted by Crippen LogP contribution is 2.04. The van der Waals surface area contributed by atoms with Crippen molar-refractivity contribution in [1.82, 2.24) is 4.98 Å². The minimum absolute atomic E-state index is 0.383. The van der Waals surface area contributed by atoms with Crippen LogP contribution in [-0.4, -0.2) is 29.4 Å². The molecule has 15 heavy (non-hydrogen) atoms. The molecule has 0 aliphatic heterocycles. The van der Waals surface area contributed by atoms with Gasteiger partial charge in [0, 0.05) is 24.9 Å². The van der Waals surface area contributed by atoms with Crippen LogP contribution in [-0.2, 0) is 17.6 Å². The number of hydrogen-bond donors (Lipinski definition) is 1. The predicted octanol–water partition coefficient (Wildman–Crippen LogP) is 1.58. The number of aryl methyl sites for hydroxylation is 1. The van der Waals surface area contributed by atoms with E-state index in [1.54, 1.807) is 0 Å². The third-order valence-electron chi connectivity index (χ3n) is 2.25. The molecule has 1 unspecified atom stereocenters. The van der Waals surface area contributed by atoms with Gasteiger partial charge in [0.05, 0.1) is 12.7 Å². The fourth-order valence-corrected chi connectivity index (χ4v) is 1.34. The van der Waals surface area contributed by atoms with Crippen LogP contribution in [0.2, 0.25) is 0 Å². The van der Waals surface area contributed by atoms with E-state index < -0.39 is 6.10 Å². The molecule has 3 heteroatoms. The van der Waals surface area contributed by atoms with E-state index >= 15 is 0 Å². The number of hydrogen-bond acceptors (Lipinski definition) is 3. The van der Waals surface area contributed by atoms with E-state index in [2.05, 4.69) is 18.0 Å². The number of aliphatic hydroxyl groups excluding tert-OH is 1. The van der Waals surface area contributed by atoms with Crippen LogP contribution in [0, 0.1) is 0 Å². The molecule has 0 aliphatic rings. The summed E-state index contributed by atoms with van der Waals surface area (Å²) in [6.45, 7) is 5.04. The Labute approximate surface area is 91.1 Å². The highest BCUT2D eigenvalue weighted by atomic mass is 16.5. The zero-order valence-corrected chi connectivity index (χ0v) is 9.44. The third-order valence-corrected chi connectivity index (χ3v) is 2.25. The van der Waals surface area contributed by atoms with Gasteiger partial charge in [-0.1, -0.05) is 13.0 Å². The van der Waals surface area contributed by atoms with E-state index in [0.717, 1.165) is 12.1 Å². The zero-order valence-electron chi connectivity index (χ0n) is 9.44. The maximum atomic E-state index is 9.60. The molecule has 84 valence electrons. The SMILES string of the molecule is CCOCC(O)Cc1ccc(CC)cn1. The largest absolute Gasteiger partial charge is 0.390 e. The summed E-state index contributed by atoms with van der Waals surface area (Å²) in [7, 11) is 0. The van der Waals surface area contributed by atoms with Crippen molar-refractivity contribution in [2.75, 3.05) is 13.2 Å². The summed E-state index contributed by atoms with van der Waals surface area (Å²) in [5.41, 5.74) is 2.14. The van der Waals surface area contributed by atoms with Gasteiger partial charge in [-0.15, -0.1) is 0 Å². The van der Waals surface area contributed by atoms with Crippen molar-refractivity contribution in [1.29, 1.82) is 0 Å². The van der Waals surface area contributed by atoms with Gasteiger partial charge in [0.25, 0.3) is 0 Å². The molecule has 0 radical (unpaired) electrons. The molecule has 1 rings (SSSR count). The Hall–Kier alpha value is -0.930. The fourth-order valence-electron chi connectivity index (χ4n) is 1.34. The van der Waals surface area contributed by atoms with Gasteiger partial charge < -0.3 is 9.84 Å². The lowest BCUT2D eigenvalue weighted by Crippen LogP contribution is -2.18. The molecule has 0 saturated carbocycles. The number of nitrogens with zero attached hydrogens (tertiary/aromatic N) is 1. The number of pyridine rings is 1. The van der Waals surface area contributed by atoms with Crippen LogP contribution in [0.5, 0.6) is 0 Å². The van der Waals surface area contributed by atoms with Crippen LogP contribution >= 0.6 is 0 Å². The molecule has 1 N–H and O–H groups in total. The summed E-state index contributed by atoms with van der Waals surface area (Å²) >= 11 is 0. The average molecular weight is 209 g/mol.